The van der Waals surface area contributed by atoms with Crippen LogP contribution in [0.3, 0.4) is 0 Å². The van der Waals surface area contributed by atoms with Gasteiger partial charge in [-0.25, -0.2) is 4.39 Å². The molecule has 0 aliphatic carbocycles. The number of hydrogen-bond donors (Lipinski definition) is 0. The topological polar surface area (TPSA) is 23.8 Å². The summed E-state index contributed by atoms with van der Waals surface area (Å²) in [6.07, 6.45) is 0.188. The first kappa shape index (κ1) is 12.9. The zero-order valence-corrected chi connectivity index (χ0v) is 10.8. The Morgan fingerprint density at radius 1 is 1.06 bits per heavy atom. The van der Waals surface area contributed by atoms with E-state index < -0.39 is 0 Å². The van der Waals surface area contributed by atoms with Crippen molar-refractivity contribution in [3.05, 3.63) is 57.8 Å². The Labute approximate surface area is 114 Å². The van der Waals surface area contributed by atoms with Gasteiger partial charge in [-0.2, -0.15) is 5.26 Å². The number of halogens is 3. The van der Waals surface area contributed by atoms with E-state index in [1.54, 1.807) is 30.3 Å². The maximum absolute atomic E-state index is 13.9. The van der Waals surface area contributed by atoms with Crippen molar-refractivity contribution in [2.45, 2.75) is 6.42 Å². The second kappa shape index (κ2) is 5.39. The Morgan fingerprint density at radius 3 is 2.28 bits per heavy atom. The molecule has 0 aliphatic heterocycles. The van der Waals surface area contributed by atoms with E-state index in [-0.39, 0.29) is 12.2 Å². The summed E-state index contributed by atoms with van der Waals surface area (Å²) >= 11 is 11.8. The summed E-state index contributed by atoms with van der Waals surface area (Å²) in [5, 5.41) is 9.48. The van der Waals surface area contributed by atoms with Crippen LogP contribution in [-0.4, -0.2) is 0 Å². The molecule has 2 rings (SSSR count). The van der Waals surface area contributed by atoms with Crippen molar-refractivity contribution in [1.82, 2.24) is 0 Å². The van der Waals surface area contributed by atoms with Gasteiger partial charge in [-0.1, -0.05) is 35.3 Å². The van der Waals surface area contributed by atoms with Gasteiger partial charge in [-0.05, 0) is 35.4 Å². The van der Waals surface area contributed by atoms with E-state index in [2.05, 4.69) is 0 Å². The van der Waals surface area contributed by atoms with E-state index in [0.717, 1.165) is 0 Å². The largest absolute Gasteiger partial charge is 0.206 e. The zero-order chi connectivity index (χ0) is 13.1. The fourth-order valence-electron chi connectivity index (χ4n) is 1.70. The van der Waals surface area contributed by atoms with Crippen molar-refractivity contribution in [1.29, 1.82) is 5.26 Å². The summed E-state index contributed by atoms with van der Waals surface area (Å²) in [5.74, 6) is -0.388. The number of benzene rings is 2. The molecule has 4 heteroatoms. The van der Waals surface area contributed by atoms with Crippen LogP contribution in [0.4, 0.5) is 4.39 Å². The first-order chi connectivity index (χ1) is 8.60. The lowest BCUT2D eigenvalue weighted by Crippen LogP contribution is -1.89. The minimum atomic E-state index is -0.388. The normalized spacial score (nSPS) is 10.1. The highest BCUT2D eigenvalue weighted by molar-refractivity contribution is 6.35. The molecule has 0 aromatic heterocycles. The Balaban J connectivity index is 2.48. The van der Waals surface area contributed by atoms with E-state index in [1.807, 2.05) is 6.07 Å². The molecule has 0 saturated carbocycles. The van der Waals surface area contributed by atoms with E-state index in [4.69, 9.17) is 28.5 Å². The minimum absolute atomic E-state index is 0.188. The summed E-state index contributed by atoms with van der Waals surface area (Å²) in [6.45, 7) is 0. The van der Waals surface area contributed by atoms with E-state index >= 15 is 0 Å². The van der Waals surface area contributed by atoms with Crippen LogP contribution < -0.4 is 0 Å². The highest BCUT2D eigenvalue weighted by Gasteiger charge is 2.08. The van der Waals surface area contributed by atoms with Gasteiger partial charge in [-0.3, -0.25) is 0 Å². The van der Waals surface area contributed by atoms with Crippen LogP contribution in [0.25, 0.3) is 11.1 Å². The molecule has 0 heterocycles. The average Bonchev–Trinajstić information content (AvgIpc) is 2.28. The van der Waals surface area contributed by atoms with Crippen molar-refractivity contribution in [2.75, 3.05) is 0 Å². The fourth-order valence-corrected chi connectivity index (χ4v) is 2.23. The fraction of sp³-hybridized carbons (Fsp3) is 0.0714. The summed E-state index contributed by atoms with van der Waals surface area (Å²) in [5.41, 5.74) is 1.68. The van der Waals surface area contributed by atoms with Crippen LogP contribution in [-0.2, 0) is 6.42 Å². The van der Waals surface area contributed by atoms with Gasteiger partial charge in [-0.15, -0.1) is 0 Å². The lowest BCUT2D eigenvalue weighted by Gasteiger charge is -2.06. The van der Waals surface area contributed by atoms with E-state index in [0.29, 0.717) is 26.7 Å². The van der Waals surface area contributed by atoms with Crippen LogP contribution in [0.2, 0.25) is 10.0 Å². The van der Waals surface area contributed by atoms with Crippen LogP contribution >= 0.6 is 23.2 Å². The van der Waals surface area contributed by atoms with Crippen molar-refractivity contribution < 1.29 is 4.39 Å². The molecule has 0 amide bonds. The Kier molecular flexibility index (Phi) is 3.86. The third kappa shape index (κ3) is 2.81. The highest BCUT2D eigenvalue weighted by atomic mass is 35.5. The third-order valence-electron chi connectivity index (χ3n) is 2.49. The molecule has 0 saturated heterocycles. The lowest BCUT2D eigenvalue weighted by molar-refractivity contribution is 0.629. The number of nitrogens with zero attached hydrogens (tertiary/aromatic N) is 1. The SMILES string of the molecule is N#CCc1ccc(-c2cc(Cl)cc(Cl)c2)c(F)c1. The average molecular weight is 280 g/mol. The molecule has 0 aliphatic rings. The van der Waals surface area contributed by atoms with Crippen molar-refractivity contribution in [3.63, 3.8) is 0 Å². The van der Waals surface area contributed by atoms with Gasteiger partial charge in [0, 0.05) is 15.6 Å². The van der Waals surface area contributed by atoms with Crippen LogP contribution in [0.15, 0.2) is 36.4 Å². The molecule has 0 N–H and O–H groups in total. The van der Waals surface area contributed by atoms with Crippen LogP contribution in [0, 0.1) is 17.1 Å². The standard InChI is InChI=1S/C14H8Cl2FN/c15-11-6-10(7-12(16)8-11)13-2-1-9(3-4-18)5-14(13)17/h1-2,5-8H,3H2. The van der Waals surface area contributed by atoms with Gasteiger partial charge in [0.25, 0.3) is 0 Å². The Bertz CT molecular complexity index is 612. The summed E-state index contributed by atoms with van der Waals surface area (Å²) in [4.78, 5) is 0. The van der Waals surface area contributed by atoms with Gasteiger partial charge in [0.2, 0.25) is 0 Å². The molecule has 0 radical (unpaired) electrons. The molecule has 1 nitrogen and oxygen atoms in total. The maximum Gasteiger partial charge on any atom is 0.131 e. The molecular formula is C14H8Cl2FN. The monoisotopic (exact) mass is 279 g/mol. The predicted molar refractivity (Wildman–Crippen MR) is 71.2 cm³/mol. The quantitative estimate of drug-likeness (QED) is 0.770. The molecule has 90 valence electrons. The first-order valence-electron chi connectivity index (χ1n) is 5.22. The van der Waals surface area contributed by atoms with E-state index in [9.17, 15) is 4.39 Å². The number of rotatable bonds is 2. The number of nitriles is 1. The van der Waals surface area contributed by atoms with Crippen LogP contribution in [0.5, 0.6) is 0 Å². The second-order valence-corrected chi connectivity index (χ2v) is 4.68. The van der Waals surface area contributed by atoms with Crippen molar-refractivity contribution >= 4 is 23.2 Å². The Morgan fingerprint density at radius 2 is 1.72 bits per heavy atom. The van der Waals surface area contributed by atoms with Crippen LogP contribution in [0.1, 0.15) is 5.56 Å². The molecular weight excluding hydrogens is 272 g/mol. The molecule has 0 unspecified atom stereocenters. The minimum Gasteiger partial charge on any atom is -0.206 e. The molecule has 0 bridgehead atoms. The van der Waals surface area contributed by atoms with Gasteiger partial charge in [0.15, 0.2) is 0 Å². The summed E-state index contributed by atoms with van der Waals surface area (Å²) < 4.78 is 13.9. The van der Waals surface area contributed by atoms with Gasteiger partial charge in [0.05, 0.1) is 12.5 Å². The predicted octanol–water partition coefficient (Wildman–Crippen LogP) is 4.87. The molecule has 18 heavy (non-hydrogen) atoms. The smallest absolute Gasteiger partial charge is 0.131 e. The van der Waals surface area contributed by atoms with Crippen molar-refractivity contribution in [2.24, 2.45) is 0 Å². The van der Waals surface area contributed by atoms with Gasteiger partial charge in [0.1, 0.15) is 5.82 Å². The Hall–Kier alpha value is -1.56. The maximum atomic E-state index is 13.9. The molecule has 0 fully saturated rings. The molecule has 0 spiro atoms. The zero-order valence-electron chi connectivity index (χ0n) is 9.25. The molecule has 2 aromatic rings. The lowest BCUT2D eigenvalue weighted by atomic mass is 10.0. The second-order valence-electron chi connectivity index (χ2n) is 3.81. The van der Waals surface area contributed by atoms with Crippen molar-refractivity contribution in [3.8, 4) is 17.2 Å². The van der Waals surface area contributed by atoms with Gasteiger partial charge >= 0.3 is 0 Å². The first-order valence-corrected chi connectivity index (χ1v) is 5.97. The molecule has 0 atom stereocenters. The third-order valence-corrected chi connectivity index (χ3v) is 2.93. The molecule has 2 aromatic carbocycles. The van der Waals surface area contributed by atoms with E-state index in [1.165, 1.54) is 6.07 Å². The summed E-state index contributed by atoms with van der Waals surface area (Å²) in [7, 11) is 0. The number of hydrogen-bond acceptors (Lipinski definition) is 1. The summed E-state index contributed by atoms with van der Waals surface area (Å²) in [6, 6.07) is 11.6. The highest BCUT2D eigenvalue weighted by Crippen LogP contribution is 2.29. The van der Waals surface area contributed by atoms with Gasteiger partial charge < -0.3 is 0 Å².